The number of carbonyl (C=O) groups excluding carboxylic acids is 1. The van der Waals surface area contributed by atoms with Crippen molar-refractivity contribution in [3.05, 3.63) is 118 Å². The molecule has 6 aromatic heterocycles. The Hall–Kier alpha value is -5.67. The predicted molar refractivity (Wildman–Crippen MR) is 229 cm³/mol. The molecule has 2 saturated heterocycles. The third-order valence-corrected chi connectivity index (χ3v) is 11.0. The van der Waals surface area contributed by atoms with Crippen molar-refractivity contribution in [2.24, 2.45) is 0 Å². The van der Waals surface area contributed by atoms with Gasteiger partial charge in [0.15, 0.2) is 11.6 Å². The first-order valence-electron chi connectivity index (χ1n) is 18.4. The van der Waals surface area contributed by atoms with Crippen LogP contribution in [0, 0.1) is 13.8 Å². The van der Waals surface area contributed by atoms with Crippen molar-refractivity contribution in [1.82, 2.24) is 29.9 Å². The van der Waals surface area contributed by atoms with Gasteiger partial charge in [0.05, 0.1) is 28.8 Å². The first kappa shape index (κ1) is 37.3. The Labute approximate surface area is 342 Å². The van der Waals surface area contributed by atoms with Crippen molar-refractivity contribution in [1.29, 1.82) is 0 Å². The van der Waals surface area contributed by atoms with Gasteiger partial charge in [-0.05, 0) is 99.5 Å². The summed E-state index contributed by atoms with van der Waals surface area (Å²) in [5.74, 6) is 2.77. The molecular formula is C41H40Br2N12O. The molecule has 0 spiro atoms. The minimum absolute atomic E-state index is 0.0941. The zero-order valence-electron chi connectivity index (χ0n) is 30.9. The first-order valence-corrected chi connectivity index (χ1v) is 20.0. The van der Waals surface area contributed by atoms with Crippen molar-refractivity contribution >= 4 is 72.5 Å². The summed E-state index contributed by atoms with van der Waals surface area (Å²) in [5, 5.41) is 6.47. The fourth-order valence-corrected chi connectivity index (χ4v) is 8.06. The molecular weight excluding hydrogens is 836 g/mol. The molecule has 2 amide bonds. The molecule has 2 fully saturated rings. The third-order valence-electron chi connectivity index (χ3n) is 10.00. The van der Waals surface area contributed by atoms with Gasteiger partial charge >= 0.3 is 6.03 Å². The summed E-state index contributed by atoms with van der Waals surface area (Å²) in [6.45, 7) is 7.96. The van der Waals surface area contributed by atoms with Gasteiger partial charge in [0.2, 0.25) is 0 Å². The average Bonchev–Trinajstić information content (AvgIpc) is 3.79. The van der Waals surface area contributed by atoms with Crippen molar-refractivity contribution in [2.75, 3.05) is 57.2 Å². The Bertz CT molecular complexity index is 2380. The van der Waals surface area contributed by atoms with E-state index in [9.17, 15) is 4.79 Å². The number of hydrogen-bond donors (Lipinski definition) is 3. The topological polar surface area (TPSA) is 154 Å². The summed E-state index contributed by atoms with van der Waals surface area (Å²) in [6.07, 6.45) is 9.05. The van der Waals surface area contributed by atoms with Gasteiger partial charge in [-0.1, -0.05) is 31.9 Å². The number of urea groups is 1. The van der Waals surface area contributed by atoms with Gasteiger partial charge in [0.25, 0.3) is 0 Å². The highest BCUT2D eigenvalue weighted by Crippen LogP contribution is 2.40. The van der Waals surface area contributed by atoms with Crippen LogP contribution in [-0.2, 0) is 0 Å². The Balaban J connectivity index is 0.000000139. The number of hydrogen-bond acceptors (Lipinski definition) is 11. The van der Waals surface area contributed by atoms with Crippen molar-refractivity contribution < 1.29 is 4.79 Å². The number of anilines is 6. The molecule has 6 aromatic rings. The second-order valence-electron chi connectivity index (χ2n) is 14.0. The molecule has 4 aliphatic heterocycles. The van der Waals surface area contributed by atoms with Crippen LogP contribution < -0.4 is 31.1 Å². The number of halogens is 2. The van der Waals surface area contributed by atoms with Crippen LogP contribution in [0.25, 0.3) is 22.5 Å². The van der Waals surface area contributed by atoms with Crippen LogP contribution in [0.4, 0.5) is 39.4 Å². The molecule has 15 heteroatoms. The monoisotopic (exact) mass is 874 g/mol. The fraction of sp³-hybridized carbons (Fsp3) is 0.244. The molecule has 13 nitrogen and oxygen atoms in total. The van der Waals surface area contributed by atoms with Crippen LogP contribution >= 0.6 is 31.9 Å². The summed E-state index contributed by atoms with van der Waals surface area (Å²) >= 11 is 6.66. The lowest BCUT2D eigenvalue weighted by molar-refractivity contribution is 0.254. The lowest BCUT2D eigenvalue weighted by atomic mass is 10.1. The third kappa shape index (κ3) is 8.28. The molecule has 4 bridgehead atoms. The van der Waals surface area contributed by atoms with Gasteiger partial charge in [0.1, 0.15) is 11.6 Å². The predicted octanol–water partition coefficient (Wildman–Crippen LogP) is 8.12. The Morgan fingerprint density at radius 3 is 2.02 bits per heavy atom. The van der Waals surface area contributed by atoms with E-state index in [0.29, 0.717) is 23.5 Å². The number of nitrogens with zero attached hydrogens (tertiary/aromatic N) is 9. The summed E-state index contributed by atoms with van der Waals surface area (Å²) in [5.41, 5.74) is 13.5. The van der Waals surface area contributed by atoms with Crippen molar-refractivity contribution in [3.8, 4) is 22.5 Å². The van der Waals surface area contributed by atoms with E-state index >= 15 is 0 Å². The molecule has 4 aliphatic rings. The van der Waals surface area contributed by atoms with Crippen LogP contribution in [0.3, 0.4) is 0 Å². The SMILES string of the molecule is Cc1cc(-c2ccc3c(n2)N(C(=O)Nc2cc(Br)ccn2)[C@H]2CCN3C2)ccn1.Cc1cc(-c2ccc3c(n2)N[C@H]2CCN3C2)ccn1.Nc1cc(Br)ccn1. The number of aromatic nitrogens is 6. The lowest BCUT2D eigenvalue weighted by Crippen LogP contribution is -2.48. The lowest BCUT2D eigenvalue weighted by Gasteiger charge is -2.35. The zero-order chi connectivity index (χ0) is 38.8. The summed E-state index contributed by atoms with van der Waals surface area (Å²) in [4.78, 5) is 45.9. The molecule has 284 valence electrons. The minimum atomic E-state index is -0.209. The maximum atomic E-state index is 13.2. The van der Waals surface area contributed by atoms with E-state index in [2.05, 4.69) is 96.5 Å². The number of nitrogens with one attached hydrogen (secondary N) is 2. The molecule has 0 radical (unpaired) electrons. The standard InChI is InChI=1S/C21H19BrN6O.C15H16N4.C5H5BrN2/c1-13-10-14(4-7-23-13)17-2-3-18-20(25-17)28(16-6-9-27(18)12-16)21(29)26-19-11-15(22)5-8-24-19;1-10-8-11(4-6-16-10)13-2-3-14-15(18-13)17-12-5-7-19(14)9-12;6-4-1-2-8-5(7)3-4/h2-5,7-8,10-11,16H,6,9,12H2,1H3,(H,24,26,29);2-4,6,8,12H,5,7,9H2,1H3,(H,17,18);1-3H,(H2,7,8)/t16-;12-;/m00./s1. The van der Waals surface area contributed by atoms with E-state index in [4.69, 9.17) is 15.7 Å². The van der Waals surface area contributed by atoms with Gasteiger partial charge in [-0.2, -0.15) is 0 Å². The second kappa shape index (κ2) is 16.2. The first-order chi connectivity index (χ1) is 27.2. The molecule has 0 aliphatic carbocycles. The van der Waals surface area contributed by atoms with Crippen LogP contribution in [0.2, 0.25) is 0 Å². The van der Waals surface area contributed by atoms with Crippen LogP contribution in [0.1, 0.15) is 24.2 Å². The van der Waals surface area contributed by atoms with Gasteiger partial charge in [0, 0.05) is 88.5 Å². The zero-order valence-corrected chi connectivity index (χ0v) is 34.1. The molecule has 10 heterocycles. The number of amides is 2. The number of nitrogens with two attached hydrogens (primary N) is 1. The van der Waals surface area contributed by atoms with Crippen LogP contribution in [-0.4, -0.2) is 74.2 Å². The molecule has 56 heavy (non-hydrogen) atoms. The number of pyridine rings is 6. The molecule has 0 aromatic carbocycles. The number of aryl methyl sites for hydroxylation is 2. The number of rotatable bonds is 3. The largest absolute Gasteiger partial charge is 0.384 e. The Morgan fingerprint density at radius 2 is 1.36 bits per heavy atom. The minimum Gasteiger partial charge on any atom is -0.384 e. The van der Waals surface area contributed by atoms with E-state index in [0.717, 1.165) is 87.0 Å². The van der Waals surface area contributed by atoms with E-state index in [1.165, 1.54) is 12.1 Å². The number of nitrogen functional groups attached to an aromatic ring is 1. The highest BCUT2D eigenvalue weighted by molar-refractivity contribution is 9.10. The smallest absolute Gasteiger partial charge is 0.329 e. The van der Waals surface area contributed by atoms with Crippen LogP contribution in [0.15, 0.2) is 107 Å². The van der Waals surface area contributed by atoms with E-state index in [1.54, 1.807) is 35.6 Å². The summed E-state index contributed by atoms with van der Waals surface area (Å²) < 4.78 is 1.83. The van der Waals surface area contributed by atoms with E-state index in [1.807, 2.05) is 56.4 Å². The van der Waals surface area contributed by atoms with Gasteiger partial charge in [-0.25, -0.2) is 24.7 Å². The average molecular weight is 877 g/mol. The maximum absolute atomic E-state index is 13.2. The van der Waals surface area contributed by atoms with E-state index < -0.39 is 0 Å². The van der Waals surface area contributed by atoms with E-state index in [-0.39, 0.29) is 12.1 Å². The normalized spacial score (nSPS) is 17.0. The second-order valence-corrected chi connectivity index (χ2v) is 15.8. The van der Waals surface area contributed by atoms with Gasteiger partial charge < -0.3 is 20.9 Å². The highest BCUT2D eigenvalue weighted by Gasteiger charge is 2.40. The number of fused-ring (bicyclic) bond motifs is 8. The van der Waals surface area contributed by atoms with Gasteiger partial charge in [-0.3, -0.25) is 20.2 Å². The molecule has 4 N–H and O–H groups in total. The highest BCUT2D eigenvalue weighted by atomic mass is 79.9. The molecule has 2 atom stereocenters. The molecule has 0 saturated carbocycles. The van der Waals surface area contributed by atoms with Crippen molar-refractivity contribution in [2.45, 2.75) is 38.8 Å². The molecule has 10 rings (SSSR count). The Morgan fingerprint density at radius 1 is 0.732 bits per heavy atom. The molecule has 0 unspecified atom stereocenters. The summed E-state index contributed by atoms with van der Waals surface area (Å²) in [6, 6.07) is 24.0. The fourth-order valence-electron chi connectivity index (χ4n) is 7.37. The quantitative estimate of drug-likeness (QED) is 0.158. The summed E-state index contributed by atoms with van der Waals surface area (Å²) in [7, 11) is 0. The maximum Gasteiger partial charge on any atom is 0.329 e. The Kier molecular flexibility index (Phi) is 10.8. The van der Waals surface area contributed by atoms with Crippen LogP contribution in [0.5, 0.6) is 0 Å². The number of carbonyl (C=O) groups is 1. The van der Waals surface area contributed by atoms with Crippen molar-refractivity contribution in [3.63, 3.8) is 0 Å². The van der Waals surface area contributed by atoms with Gasteiger partial charge in [-0.15, -0.1) is 0 Å².